The summed E-state index contributed by atoms with van der Waals surface area (Å²) in [7, 11) is -4.12. The number of thioether (sulfide) groups is 1. The molecule has 1 aliphatic heterocycles. The monoisotopic (exact) mass is 389 g/mol. The largest absolute Gasteiger partial charge is 0.480 e. The van der Waals surface area contributed by atoms with Gasteiger partial charge in [-0.3, -0.25) is 4.79 Å². The summed E-state index contributed by atoms with van der Waals surface area (Å²) in [6, 6.07) is 1.38. The van der Waals surface area contributed by atoms with Gasteiger partial charge in [-0.25, -0.2) is 8.42 Å². The van der Waals surface area contributed by atoms with Gasteiger partial charge in [-0.05, 0) is 12.1 Å². The zero-order chi connectivity index (χ0) is 15.8. The average Bonchev–Trinajstić information content (AvgIpc) is 2.37. The summed E-state index contributed by atoms with van der Waals surface area (Å²) in [4.78, 5) is 10.9. The van der Waals surface area contributed by atoms with E-state index in [0.29, 0.717) is 5.75 Å². The first-order valence-electron chi connectivity index (χ1n) is 5.72. The van der Waals surface area contributed by atoms with Crippen molar-refractivity contribution in [3.8, 4) is 0 Å². The lowest BCUT2D eigenvalue weighted by Gasteiger charge is -2.32. The van der Waals surface area contributed by atoms with Crippen LogP contribution in [0.25, 0.3) is 0 Å². The highest BCUT2D eigenvalue weighted by Crippen LogP contribution is 2.36. The first kappa shape index (κ1) is 17.2. The highest BCUT2D eigenvalue weighted by molar-refractivity contribution is 7.99. The minimum atomic E-state index is -4.12. The van der Waals surface area contributed by atoms with Crippen LogP contribution in [0.2, 0.25) is 15.1 Å². The maximum atomic E-state index is 12.7. The predicted octanol–water partition coefficient (Wildman–Crippen LogP) is 2.84. The topological polar surface area (TPSA) is 74.7 Å². The highest BCUT2D eigenvalue weighted by atomic mass is 35.5. The van der Waals surface area contributed by atoms with E-state index in [1.165, 1.54) is 23.9 Å². The summed E-state index contributed by atoms with van der Waals surface area (Å²) in [5.41, 5.74) is 0. The highest BCUT2D eigenvalue weighted by Gasteiger charge is 2.39. The molecule has 1 aromatic carbocycles. The number of carbonyl (C=O) groups is 1. The molecule has 1 aliphatic rings. The third kappa shape index (κ3) is 3.43. The molecule has 10 heteroatoms. The number of hydrogen-bond acceptors (Lipinski definition) is 4. The number of carboxylic acids is 1. The van der Waals surface area contributed by atoms with E-state index in [9.17, 15) is 18.3 Å². The van der Waals surface area contributed by atoms with Gasteiger partial charge in [-0.15, -0.1) is 0 Å². The maximum absolute atomic E-state index is 12.7. The van der Waals surface area contributed by atoms with Crippen molar-refractivity contribution in [1.29, 1.82) is 0 Å². The number of halogens is 3. The van der Waals surface area contributed by atoms with Gasteiger partial charge in [0.05, 0.1) is 10.0 Å². The molecule has 1 atom stereocenters. The molecule has 5 nitrogen and oxygen atoms in total. The van der Waals surface area contributed by atoms with Crippen LogP contribution in [-0.2, 0) is 14.8 Å². The first-order valence-corrected chi connectivity index (χ1v) is 9.45. The van der Waals surface area contributed by atoms with E-state index in [4.69, 9.17) is 34.8 Å². The number of rotatable bonds is 3. The second kappa shape index (κ2) is 6.52. The van der Waals surface area contributed by atoms with Crippen molar-refractivity contribution in [2.75, 3.05) is 18.1 Å². The third-order valence-electron chi connectivity index (χ3n) is 2.89. The number of carboxylic acid groups (broad SMARTS) is 1. The van der Waals surface area contributed by atoms with E-state index >= 15 is 0 Å². The lowest BCUT2D eigenvalue weighted by Crippen LogP contribution is -2.50. The lowest BCUT2D eigenvalue weighted by atomic mass is 10.3. The van der Waals surface area contributed by atoms with Gasteiger partial charge >= 0.3 is 5.97 Å². The second-order valence-electron chi connectivity index (χ2n) is 4.24. The zero-order valence-electron chi connectivity index (χ0n) is 10.4. The SMILES string of the molecule is O=C(O)C1CSCCN1S(=O)(=O)c1c(Cl)cc(Cl)cc1Cl. The molecule has 1 heterocycles. The molecular weight excluding hydrogens is 381 g/mol. The number of nitrogens with zero attached hydrogens (tertiary/aromatic N) is 1. The van der Waals surface area contributed by atoms with Gasteiger partial charge in [-0.2, -0.15) is 16.1 Å². The molecule has 21 heavy (non-hydrogen) atoms. The van der Waals surface area contributed by atoms with Crippen LogP contribution in [0.3, 0.4) is 0 Å². The quantitative estimate of drug-likeness (QED) is 0.859. The molecule has 2 rings (SSSR count). The Kier molecular flexibility index (Phi) is 5.33. The lowest BCUT2D eigenvalue weighted by molar-refractivity contribution is -0.140. The predicted molar refractivity (Wildman–Crippen MR) is 84.1 cm³/mol. The molecule has 0 aliphatic carbocycles. The molecule has 0 amide bonds. The Bertz CT molecular complexity index is 657. The molecule has 0 aromatic heterocycles. The molecule has 0 spiro atoms. The molecule has 1 fully saturated rings. The normalized spacial score (nSPS) is 20.4. The van der Waals surface area contributed by atoms with Crippen LogP contribution in [0.4, 0.5) is 0 Å². The average molecular weight is 391 g/mol. The summed E-state index contributed by atoms with van der Waals surface area (Å²) in [6.45, 7) is 0.0826. The van der Waals surface area contributed by atoms with Gasteiger partial charge in [0.15, 0.2) is 0 Å². The molecule has 0 bridgehead atoms. The fourth-order valence-electron chi connectivity index (χ4n) is 1.96. The van der Waals surface area contributed by atoms with Gasteiger partial charge in [0.1, 0.15) is 10.9 Å². The molecule has 1 saturated heterocycles. The fraction of sp³-hybridized carbons (Fsp3) is 0.364. The van der Waals surface area contributed by atoms with E-state index in [0.717, 1.165) is 4.31 Å². The smallest absolute Gasteiger partial charge is 0.322 e. The van der Waals surface area contributed by atoms with E-state index in [1.807, 2.05) is 0 Å². The summed E-state index contributed by atoms with van der Waals surface area (Å²) in [5, 5.41) is 9.14. The van der Waals surface area contributed by atoms with Crippen LogP contribution in [0.1, 0.15) is 0 Å². The molecule has 116 valence electrons. The molecule has 1 aromatic rings. The minimum Gasteiger partial charge on any atom is -0.480 e. The Balaban J connectivity index is 2.53. The van der Waals surface area contributed by atoms with Crippen molar-refractivity contribution in [3.63, 3.8) is 0 Å². The third-order valence-corrected chi connectivity index (χ3v) is 6.97. The van der Waals surface area contributed by atoms with Gasteiger partial charge in [0.25, 0.3) is 0 Å². The van der Waals surface area contributed by atoms with Crippen molar-refractivity contribution in [1.82, 2.24) is 4.31 Å². The fourth-order valence-corrected chi connectivity index (χ4v) is 6.29. The van der Waals surface area contributed by atoms with Crippen molar-refractivity contribution in [2.24, 2.45) is 0 Å². The van der Waals surface area contributed by atoms with Crippen LogP contribution >= 0.6 is 46.6 Å². The number of hydrogen-bond donors (Lipinski definition) is 1. The molecule has 1 unspecified atom stereocenters. The van der Waals surface area contributed by atoms with Crippen LogP contribution in [0, 0.1) is 0 Å². The van der Waals surface area contributed by atoms with Crippen molar-refractivity contribution < 1.29 is 18.3 Å². The Morgan fingerprint density at radius 2 is 1.86 bits per heavy atom. The molecule has 0 saturated carbocycles. The Hall–Kier alpha value is -0.180. The summed E-state index contributed by atoms with van der Waals surface area (Å²) >= 11 is 19.0. The van der Waals surface area contributed by atoms with Crippen LogP contribution in [0.5, 0.6) is 0 Å². The Morgan fingerprint density at radius 1 is 1.29 bits per heavy atom. The van der Waals surface area contributed by atoms with E-state index in [1.54, 1.807) is 0 Å². The van der Waals surface area contributed by atoms with E-state index in [2.05, 4.69) is 0 Å². The molecular formula is C11H10Cl3NO4S2. The van der Waals surface area contributed by atoms with E-state index in [-0.39, 0.29) is 32.3 Å². The van der Waals surface area contributed by atoms with Gasteiger partial charge < -0.3 is 5.11 Å². The summed E-state index contributed by atoms with van der Waals surface area (Å²) < 4.78 is 26.3. The van der Waals surface area contributed by atoms with Crippen LogP contribution in [0.15, 0.2) is 17.0 Å². The number of sulfonamides is 1. The maximum Gasteiger partial charge on any atom is 0.322 e. The van der Waals surface area contributed by atoms with Crippen LogP contribution < -0.4 is 0 Å². The zero-order valence-corrected chi connectivity index (χ0v) is 14.3. The van der Waals surface area contributed by atoms with E-state index < -0.39 is 22.0 Å². The minimum absolute atomic E-state index is 0.0826. The Labute approximate surface area is 141 Å². The second-order valence-corrected chi connectivity index (χ2v) is 8.47. The van der Waals surface area contributed by atoms with Gasteiger partial charge in [-0.1, -0.05) is 34.8 Å². The van der Waals surface area contributed by atoms with Crippen LogP contribution in [-0.4, -0.2) is 47.9 Å². The number of aliphatic carboxylic acids is 1. The first-order chi connectivity index (χ1) is 9.75. The molecule has 1 N–H and O–H groups in total. The van der Waals surface area contributed by atoms with Gasteiger partial charge in [0, 0.05) is 23.1 Å². The summed E-state index contributed by atoms with van der Waals surface area (Å²) in [5.74, 6) is -0.518. The standard InChI is InChI=1S/C11H10Cl3NO4S2/c12-6-3-7(13)10(8(14)4-6)21(18,19)15-1-2-20-5-9(15)11(16)17/h3-4,9H,1-2,5H2,(H,16,17). The Morgan fingerprint density at radius 3 is 2.38 bits per heavy atom. The molecule has 0 radical (unpaired) electrons. The summed E-state index contributed by atoms with van der Waals surface area (Å²) in [6.07, 6.45) is 0. The number of benzene rings is 1. The van der Waals surface area contributed by atoms with Gasteiger partial charge in [0.2, 0.25) is 10.0 Å². The van der Waals surface area contributed by atoms with Crippen molar-refractivity contribution >= 4 is 62.6 Å². The van der Waals surface area contributed by atoms with Crippen molar-refractivity contribution in [3.05, 3.63) is 27.2 Å². The van der Waals surface area contributed by atoms with Crippen molar-refractivity contribution in [2.45, 2.75) is 10.9 Å².